The van der Waals surface area contributed by atoms with Crippen LogP contribution in [-0.4, -0.2) is 91.7 Å². The van der Waals surface area contributed by atoms with Crippen molar-refractivity contribution in [3.05, 3.63) is 23.0 Å². The largest absolute Gasteiger partial charge is 0.394 e. The predicted octanol–water partition coefficient (Wildman–Crippen LogP) is -0.0871. The second-order valence-electron chi connectivity index (χ2n) is 7.88. The second-order valence-corrected chi connectivity index (χ2v) is 7.88. The Hall–Kier alpha value is -1.78. The van der Waals surface area contributed by atoms with Crippen LogP contribution < -0.4 is 0 Å². The lowest BCUT2D eigenvalue weighted by atomic mass is 10.0. The highest BCUT2D eigenvalue weighted by Crippen LogP contribution is 2.16. The zero-order valence-electron chi connectivity index (χ0n) is 18.1. The topological polar surface area (TPSA) is 128 Å². The van der Waals surface area contributed by atoms with Crippen LogP contribution in [0.1, 0.15) is 42.6 Å². The maximum Gasteiger partial charge on any atom is 0.246 e. The summed E-state index contributed by atoms with van der Waals surface area (Å²) >= 11 is 0. The highest BCUT2D eigenvalue weighted by Gasteiger charge is 2.34. The molecule has 170 valence electrons. The fourth-order valence-corrected chi connectivity index (χ4v) is 3.65. The van der Waals surface area contributed by atoms with Crippen LogP contribution in [0.3, 0.4) is 0 Å². The van der Waals surface area contributed by atoms with Gasteiger partial charge in [0.25, 0.3) is 0 Å². The Morgan fingerprint density at radius 3 is 2.60 bits per heavy atom. The molecule has 30 heavy (non-hydrogen) atoms. The number of hydrogen-bond acceptors (Lipinski definition) is 7. The van der Waals surface area contributed by atoms with Crippen LogP contribution in [0.15, 0.2) is 6.08 Å². The first kappa shape index (κ1) is 24.5. The number of aliphatic hydroxyl groups is 4. The second kappa shape index (κ2) is 11.6. The van der Waals surface area contributed by atoms with Crippen LogP contribution in [0.4, 0.5) is 0 Å². The van der Waals surface area contributed by atoms with E-state index in [0.717, 1.165) is 42.6 Å². The summed E-state index contributed by atoms with van der Waals surface area (Å²) in [4.78, 5) is 14.3. The number of carbonyl (C=O) groups is 1. The summed E-state index contributed by atoms with van der Waals surface area (Å²) in [5.41, 5.74) is 2.64. The fraction of sp³-hybridized carbons (Fsp3) is 0.714. The van der Waals surface area contributed by atoms with Gasteiger partial charge in [-0.05, 0) is 32.8 Å². The van der Waals surface area contributed by atoms with Crippen LogP contribution in [0, 0.1) is 13.8 Å². The van der Waals surface area contributed by atoms with Gasteiger partial charge in [0.05, 0.1) is 12.3 Å². The van der Waals surface area contributed by atoms with Gasteiger partial charge in [-0.3, -0.25) is 9.48 Å². The third kappa shape index (κ3) is 6.36. The summed E-state index contributed by atoms with van der Waals surface area (Å²) in [6, 6.07) is 0. The van der Waals surface area contributed by atoms with Gasteiger partial charge in [0.1, 0.15) is 24.4 Å². The van der Waals surface area contributed by atoms with Gasteiger partial charge in [0, 0.05) is 44.1 Å². The number of aromatic nitrogens is 2. The number of hydrogen-bond donors (Lipinski definition) is 4. The Kier molecular flexibility index (Phi) is 9.44. The molecule has 1 saturated heterocycles. The van der Waals surface area contributed by atoms with E-state index in [4.69, 9.17) is 4.74 Å². The van der Waals surface area contributed by atoms with Gasteiger partial charge < -0.3 is 30.1 Å². The van der Waals surface area contributed by atoms with Crippen molar-refractivity contribution in [3.63, 3.8) is 0 Å². The van der Waals surface area contributed by atoms with Gasteiger partial charge in [-0.1, -0.05) is 12.8 Å². The van der Waals surface area contributed by atoms with E-state index in [0.29, 0.717) is 13.2 Å². The molecular weight excluding hydrogens is 390 g/mol. The van der Waals surface area contributed by atoms with E-state index in [9.17, 15) is 25.2 Å². The Morgan fingerprint density at radius 1 is 1.27 bits per heavy atom. The molecule has 4 atom stereocenters. The molecule has 4 N–H and O–H groups in total. The molecule has 1 fully saturated rings. The summed E-state index contributed by atoms with van der Waals surface area (Å²) in [7, 11) is 1.84. The van der Waals surface area contributed by atoms with Crippen molar-refractivity contribution >= 4 is 12.0 Å². The smallest absolute Gasteiger partial charge is 0.246 e. The molecule has 9 nitrogen and oxygen atoms in total. The molecule has 9 heteroatoms. The number of β-amino-alcohol motifs (C(OH)–C–C–N with tert-alkyl or cyclic N) is 1. The SMILES string of the molecule is Cc1nn(C)c(C)c1/C=C/C(=O)N1CCCCCCO[C@H]([C@H](O)CO)[C@H](O)[C@H](O)C1. The highest BCUT2D eigenvalue weighted by atomic mass is 16.5. The van der Waals surface area contributed by atoms with Crippen LogP contribution in [-0.2, 0) is 16.6 Å². The Bertz CT molecular complexity index is 720. The molecule has 0 saturated carbocycles. The van der Waals surface area contributed by atoms with Crippen molar-refractivity contribution in [2.45, 2.75) is 63.9 Å². The first-order valence-corrected chi connectivity index (χ1v) is 10.5. The number of carbonyl (C=O) groups excluding carboxylic acids is 1. The van der Waals surface area contributed by atoms with E-state index in [1.165, 1.54) is 11.0 Å². The maximum atomic E-state index is 12.8. The lowest BCUT2D eigenvalue weighted by Crippen LogP contribution is -2.52. The zero-order valence-corrected chi connectivity index (χ0v) is 18.1. The number of ether oxygens (including phenoxy) is 1. The van der Waals surface area contributed by atoms with Gasteiger partial charge in [-0.2, -0.15) is 5.10 Å². The first-order chi connectivity index (χ1) is 14.3. The van der Waals surface area contributed by atoms with E-state index < -0.39 is 31.0 Å². The molecule has 2 heterocycles. The molecule has 0 unspecified atom stereocenters. The van der Waals surface area contributed by atoms with E-state index in [2.05, 4.69) is 5.10 Å². The van der Waals surface area contributed by atoms with Crippen molar-refractivity contribution in [2.75, 3.05) is 26.3 Å². The van der Waals surface area contributed by atoms with Crippen LogP contribution in [0.25, 0.3) is 6.08 Å². The van der Waals surface area contributed by atoms with E-state index in [-0.39, 0.29) is 12.5 Å². The first-order valence-electron chi connectivity index (χ1n) is 10.5. The van der Waals surface area contributed by atoms with Gasteiger partial charge >= 0.3 is 0 Å². The quantitative estimate of drug-likeness (QED) is 0.497. The normalized spacial score (nSPS) is 25.7. The Labute approximate surface area is 177 Å². The third-order valence-electron chi connectivity index (χ3n) is 5.61. The number of aryl methyl sites for hydroxylation is 2. The van der Waals surface area contributed by atoms with Crippen LogP contribution in [0.5, 0.6) is 0 Å². The predicted molar refractivity (Wildman–Crippen MR) is 112 cm³/mol. The fourth-order valence-electron chi connectivity index (χ4n) is 3.65. The summed E-state index contributed by atoms with van der Waals surface area (Å²) in [5.74, 6) is -0.277. The van der Waals surface area contributed by atoms with Gasteiger partial charge in [0.15, 0.2) is 0 Å². The van der Waals surface area contributed by atoms with Crippen molar-refractivity contribution < 1.29 is 30.0 Å². The van der Waals surface area contributed by atoms with Crippen LogP contribution >= 0.6 is 0 Å². The number of amides is 1. The lowest BCUT2D eigenvalue weighted by Gasteiger charge is -2.33. The zero-order chi connectivity index (χ0) is 22.3. The van der Waals surface area contributed by atoms with E-state index in [1.54, 1.807) is 10.8 Å². The minimum atomic E-state index is -1.44. The van der Waals surface area contributed by atoms with E-state index >= 15 is 0 Å². The molecular formula is C21H35N3O6. The summed E-state index contributed by atoms with van der Waals surface area (Å²) < 4.78 is 7.29. The molecule has 1 aromatic rings. The minimum absolute atomic E-state index is 0.104. The molecule has 0 radical (unpaired) electrons. The monoisotopic (exact) mass is 425 g/mol. The summed E-state index contributed by atoms with van der Waals surface area (Å²) in [5, 5.41) is 44.6. The average Bonchev–Trinajstić information content (AvgIpc) is 2.96. The van der Waals surface area contributed by atoms with Gasteiger partial charge in [-0.15, -0.1) is 0 Å². The van der Waals surface area contributed by atoms with E-state index in [1.807, 2.05) is 20.9 Å². The van der Waals surface area contributed by atoms with Crippen molar-refractivity contribution in [1.29, 1.82) is 0 Å². The number of nitrogens with zero attached hydrogens (tertiary/aromatic N) is 3. The molecule has 0 bridgehead atoms. The molecule has 1 amide bonds. The standard InChI is InChI=1S/C21H35N3O6/c1-14-16(15(2)23(3)22-14)8-9-19(28)24-10-6-4-5-7-11-30-21(18(27)13-25)20(29)17(26)12-24/h8-9,17-18,20-21,25-27,29H,4-7,10-13H2,1-3H3/b9-8+/t17-,18-,20-,21-/m1/s1. The summed E-state index contributed by atoms with van der Waals surface area (Å²) in [6.45, 7) is 3.87. The molecule has 0 spiro atoms. The lowest BCUT2D eigenvalue weighted by molar-refractivity contribution is -0.150. The van der Waals surface area contributed by atoms with Crippen molar-refractivity contribution in [1.82, 2.24) is 14.7 Å². The Morgan fingerprint density at radius 2 is 1.97 bits per heavy atom. The molecule has 2 rings (SSSR count). The number of rotatable bonds is 4. The summed E-state index contributed by atoms with van der Waals surface area (Å²) in [6.07, 6.45) is 1.25. The maximum absolute atomic E-state index is 12.8. The van der Waals surface area contributed by atoms with Gasteiger partial charge in [-0.25, -0.2) is 0 Å². The molecule has 1 aromatic heterocycles. The highest BCUT2D eigenvalue weighted by molar-refractivity contribution is 5.92. The van der Waals surface area contributed by atoms with Crippen molar-refractivity contribution in [2.24, 2.45) is 7.05 Å². The van der Waals surface area contributed by atoms with Gasteiger partial charge in [0.2, 0.25) is 5.91 Å². The number of aliphatic hydroxyl groups excluding tert-OH is 4. The molecule has 1 aliphatic rings. The molecule has 1 aliphatic heterocycles. The average molecular weight is 426 g/mol. The minimum Gasteiger partial charge on any atom is -0.394 e. The Balaban J connectivity index is 2.15. The molecule has 0 aromatic carbocycles. The third-order valence-corrected chi connectivity index (χ3v) is 5.61. The van der Waals surface area contributed by atoms with Crippen LogP contribution in [0.2, 0.25) is 0 Å². The van der Waals surface area contributed by atoms with Crippen molar-refractivity contribution in [3.8, 4) is 0 Å². The molecule has 0 aliphatic carbocycles.